The van der Waals surface area contributed by atoms with Crippen molar-refractivity contribution in [1.29, 1.82) is 0 Å². The fourth-order valence-corrected chi connectivity index (χ4v) is 1.83. The van der Waals surface area contributed by atoms with Crippen molar-refractivity contribution in [1.82, 2.24) is 9.97 Å². The van der Waals surface area contributed by atoms with Crippen LogP contribution in [0.1, 0.15) is 17.7 Å². The Bertz CT molecular complexity index is 463. The fourth-order valence-electron chi connectivity index (χ4n) is 1.83. The molecule has 6 heteroatoms. The van der Waals surface area contributed by atoms with E-state index >= 15 is 0 Å². The van der Waals surface area contributed by atoms with Crippen molar-refractivity contribution in [3.8, 4) is 0 Å². The van der Waals surface area contributed by atoms with E-state index in [-0.39, 0.29) is 6.54 Å². The van der Waals surface area contributed by atoms with E-state index < -0.39 is 11.5 Å². The van der Waals surface area contributed by atoms with Crippen molar-refractivity contribution >= 4 is 11.9 Å². The second kappa shape index (κ2) is 3.96. The zero-order valence-electron chi connectivity index (χ0n) is 9.97. The summed E-state index contributed by atoms with van der Waals surface area (Å²) in [7, 11) is 0. The zero-order valence-corrected chi connectivity index (χ0v) is 9.97. The number of nitrogens with zero attached hydrogens (tertiary/aromatic N) is 3. The van der Waals surface area contributed by atoms with Crippen molar-refractivity contribution in [3.63, 3.8) is 0 Å². The van der Waals surface area contributed by atoms with Gasteiger partial charge >= 0.3 is 0 Å². The molecule has 0 radical (unpaired) electrons. The van der Waals surface area contributed by atoms with Crippen molar-refractivity contribution in [2.24, 2.45) is 5.73 Å². The second-order valence-electron chi connectivity index (χ2n) is 4.51. The van der Waals surface area contributed by atoms with Crippen LogP contribution in [0.5, 0.6) is 0 Å². The minimum atomic E-state index is -1.46. The van der Waals surface area contributed by atoms with E-state index in [4.69, 9.17) is 5.73 Å². The summed E-state index contributed by atoms with van der Waals surface area (Å²) >= 11 is 0. The number of aliphatic hydroxyl groups is 1. The molecule has 1 saturated heterocycles. The molecule has 2 rings (SSSR count). The Morgan fingerprint density at radius 1 is 1.59 bits per heavy atom. The van der Waals surface area contributed by atoms with E-state index in [0.717, 1.165) is 11.3 Å². The summed E-state index contributed by atoms with van der Waals surface area (Å²) < 4.78 is 0. The summed E-state index contributed by atoms with van der Waals surface area (Å²) in [5.41, 5.74) is 5.62. The highest BCUT2D eigenvalue weighted by Gasteiger charge is 2.42. The largest absolute Gasteiger partial charge is 0.378 e. The molecule has 1 fully saturated rings. The van der Waals surface area contributed by atoms with E-state index in [1.54, 1.807) is 11.1 Å². The van der Waals surface area contributed by atoms with Crippen LogP contribution >= 0.6 is 0 Å². The number of carbonyl (C=O) groups excluding carboxylic acids is 1. The Morgan fingerprint density at radius 3 is 2.82 bits per heavy atom. The maximum absolute atomic E-state index is 11.1. The first-order valence-electron chi connectivity index (χ1n) is 5.50. The minimum absolute atomic E-state index is 0.158. The molecule has 6 nitrogen and oxygen atoms in total. The molecule has 0 bridgehead atoms. The molecule has 1 amide bonds. The highest BCUT2D eigenvalue weighted by Crippen LogP contribution is 2.24. The molecule has 1 aromatic rings. The topological polar surface area (TPSA) is 92.3 Å². The number of primary amides is 1. The molecular formula is C11H16N4O2. The van der Waals surface area contributed by atoms with Gasteiger partial charge < -0.3 is 15.7 Å². The molecule has 1 aliphatic rings. The fraction of sp³-hybridized carbons (Fsp3) is 0.545. The molecule has 1 aliphatic heterocycles. The van der Waals surface area contributed by atoms with Crippen LogP contribution in [-0.2, 0) is 4.79 Å². The van der Waals surface area contributed by atoms with Gasteiger partial charge in [-0.1, -0.05) is 0 Å². The van der Waals surface area contributed by atoms with E-state index in [0.29, 0.717) is 18.9 Å². The molecule has 2 heterocycles. The molecule has 3 N–H and O–H groups in total. The molecule has 17 heavy (non-hydrogen) atoms. The summed E-state index contributed by atoms with van der Waals surface area (Å²) in [6, 6.07) is 0. The Hall–Kier alpha value is -1.69. The lowest BCUT2D eigenvalue weighted by Crippen LogP contribution is -2.46. The molecule has 1 aromatic heterocycles. The third kappa shape index (κ3) is 2.08. The van der Waals surface area contributed by atoms with Crippen LogP contribution in [0.3, 0.4) is 0 Å². The normalized spacial score (nSPS) is 24.1. The Kier molecular flexibility index (Phi) is 2.74. The first kappa shape index (κ1) is 11.8. The van der Waals surface area contributed by atoms with Crippen molar-refractivity contribution in [2.45, 2.75) is 25.9 Å². The van der Waals surface area contributed by atoms with Crippen LogP contribution < -0.4 is 10.6 Å². The van der Waals surface area contributed by atoms with E-state index in [2.05, 4.69) is 9.97 Å². The predicted molar refractivity (Wildman–Crippen MR) is 62.5 cm³/mol. The summed E-state index contributed by atoms with van der Waals surface area (Å²) in [5, 5.41) is 9.95. The van der Waals surface area contributed by atoms with Gasteiger partial charge in [-0.25, -0.2) is 9.97 Å². The quantitative estimate of drug-likeness (QED) is 0.723. The molecule has 92 valence electrons. The predicted octanol–water partition coefficient (Wildman–Crippen LogP) is -0.480. The van der Waals surface area contributed by atoms with Gasteiger partial charge in [-0.15, -0.1) is 0 Å². The maximum atomic E-state index is 11.1. The lowest BCUT2D eigenvalue weighted by atomic mass is 10.0. The lowest BCUT2D eigenvalue weighted by Gasteiger charge is -2.20. The SMILES string of the molecule is Cc1cnc(N2CCC(O)(C(N)=O)C2)nc1C. The summed E-state index contributed by atoms with van der Waals surface area (Å²) in [5.74, 6) is -0.158. The van der Waals surface area contributed by atoms with Gasteiger partial charge in [0, 0.05) is 24.9 Å². The molecule has 0 aromatic carbocycles. The number of rotatable bonds is 2. The number of aromatic nitrogens is 2. The standard InChI is InChI=1S/C11H16N4O2/c1-7-5-13-10(14-8(7)2)15-4-3-11(17,6-15)9(12)16/h5,17H,3-4,6H2,1-2H3,(H2,12,16). The Balaban J connectivity index is 2.21. The van der Waals surface area contributed by atoms with Crippen molar-refractivity contribution < 1.29 is 9.90 Å². The van der Waals surface area contributed by atoms with Crippen molar-refractivity contribution in [2.75, 3.05) is 18.0 Å². The summed E-state index contributed by atoms with van der Waals surface area (Å²) in [4.78, 5) is 21.4. The van der Waals surface area contributed by atoms with Gasteiger partial charge in [0.2, 0.25) is 5.95 Å². The number of aryl methyl sites for hydroxylation is 2. The number of hydrogen-bond donors (Lipinski definition) is 2. The summed E-state index contributed by atoms with van der Waals surface area (Å²) in [6.45, 7) is 4.52. The molecule has 0 aliphatic carbocycles. The lowest BCUT2D eigenvalue weighted by molar-refractivity contribution is -0.134. The van der Waals surface area contributed by atoms with E-state index in [1.165, 1.54) is 0 Å². The highest BCUT2D eigenvalue weighted by molar-refractivity contribution is 5.84. The Labute approximate surface area is 99.5 Å². The molecule has 1 unspecified atom stereocenters. The van der Waals surface area contributed by atoms with Gasteiger partial charge in [0.25, 0.3) is 5.91 Å². The highest BCUT2D eigenvalue weighted by atomic mass is 16.3. The first-order valence-corrected chi connectivity index (χ1v) is 5.50. The molecule has 0 spiro atoms. The smallest absolute Gasteiger partial charge is 0.251 e. The van der Waals surface area contributed by atoms with Crippen LogP contribution in [-0.4, -0.2) is 39.7 Å². The van der Waals surface area contributed by atoms with Crippen LogP contribution in [0, 0.1) is 13.8 Å². The number of hydrogen-bond acceptors (Lipinski definition) is 5. The van der Waals surface area contributed by atoms with Crippen LogP contribution in [0.4, 0.5) is 5.95 Å². The number of nitrogens with two attached hydrogens (primary N) is 1. The van der Waals surface area contributed by atoms with Gasteiger partial charge in [0.1, 0.15) is 0 Å². The first-order chi connectivity index (χ1) is 7.92. The molecule has 1 atom stereocenters. The summed E-state index contributed by atoms with van der Waals surface area (Å²) in [6.07, 6.45) is 2.05. The molecule has 0 saturated carbocycles. The number of β-amino-alcohol motifs (C(OH)–C–C–N with tert-alkyl or cyclic N) is 1. The second-order valence-corrected chi connectivity index (χ2v) is 4.51. The zero-order chi connectivity index (χ0) is 12.6. The van der Waals surface area contributed by atoms with Gasteiger partial charge in [-0.2, -0.15) is 0 Å². The molecular weight excluding hydrogens is 220 g/mol. The van der Waals surface area contributed by atoms with Gasteiger partial charge in [0.05, 0.1) is 6.54 Å². The Morgan fingerprint density at radius 2 is 2.29 bits per heavy atom. The van der Waals surface area contributed by atoms with Crippen LogP contribution in [0.15, 0.2) is 6.20 Å². The third-order valence-corrected chi connectivity index (χ3v) is 3.20. The van der Waals surface area contributed by atoms with Crippen molar-refractivity contribution in [3.05, 3.63) is 17.5 Å². The number of anilines is 1. The van der Waals surface area contributed by atoms with Gasteiger partial charge in [-0.3, -0.25) is 4.79 Å². The maximum Gasteiger partial charge on any atom is 0.251 e. The van der Waals surface area contributed by atoms with Crippen LogP contribution in [0.2, 0.25) is 0 Å². The average molecular weight is 236 g/mol. The number of carbonyl (C=O) groups is 1. The minimum Gasteiger partial charge on any atom is -0.378 e. The van der Waals surface area contributed by atoms with Gasteiger partial charge in [-0.05, 0) is 19.4 Å². The van der Waals surface area contributed by atoms with Crippen LogP contribution in [0.25, 0.3) is 0 Å². The average Bonchev–Trinajstić information content (AvgIpc) is 2.67. The monoisotopic (exact) mass is 236 g/mol. The third-order valence-electron chi connectivity index (χ3n) is 3.20. The number of amides is 1. The van der Waals surface area contributed by atoms with Gasteiger partial charge in [0.15, 0.2) is 5.60 Å². The van der Waals surface area contributed by atoms with E-state index in [1.807, 2.05) is 13.8 Å². The van der Waals surface area contributed by atoms with E-state index in [9.17, 15) is 9.90 Å².